The second-order valence-corrected chi connectivity index (χ2v) is 5.06. The summed E-state index contributed by atoms with van der Waals surface area (Å²) in [5.74, 6) is 1.67. The molecule has 0 aliphatic heterocycles. The fourth-order valence-electron chi connectivity index (χ4n) is 1.62. The summed E-state index contributed by atoms with van der Waals surface area (Å²) in [5.41, 5.74) is 1.10. The lowest BCUT2D eigenvalue weighted by Crippen LogP contribution is -2.08. The lowest BCUT2D eigenvalue weighted by molar-refractivity contribution is 0.283. The fraction of sp³-hybridized carbons (Fsp3) is 0.333. The second kappa shape index (κ2) is 6.33. The van der Waals surface area contributed by atoms with Gasteiger partial charge < -0.3 is 4.74 Å². The molecule has 0 radical (unpaired) electrons. The number of halogens is 2. The third kappa shape index (κ3) is 2.92. The Kier molecular flexibility index (Phi) is 4.77. The van der Waals surface area contributed by atoms with E-state index in [4.69, 9.17) is 4.74 Å². The molecule has 0 bridgehead atoms. The Labute approximate surface area is 123 Å². The highest BCUT2D eigenvalue weighted by molar-refractivity contribution is 9.10. The quantitative estimate of drug-likeness (QED) is 0.751. The van der Waals surface area contributed by atoms with Crippen molar-refractivity contribution in [1.82, 2.24) is 14.8 Å². The first kappa shape index (κ1) is 13.5. The van der Waals surface area contributed by atoms with E-state index >= 15 is 0 Å². The summed E-state index contributed by atoms with van der Waals surface area (Å²) in [6, 6.07) is 5.98. The molecule has 6 heteroatoms. The molecule has 0 atom stereocenters. The van der Waals surface area contributed by atoms with Crippen molar-refractivity contribution in [3.8, 4) is 5.75 Å². The molecule has 0 aliphatic carbocycles. The maximum atomic E-state index is 5.85. The Hall–Kier alpha value is -0.880. The number of hydrogen-bond donors (Lipinski definition) is 0. The van der Waals surface area contributed by atoms with Crippen LogP contribution in [-0.4, -0.2) is 14.8 Å². The number of rotatable bonds is 5. The van der Waals surface area contributed by atoms with E-state index in [1.54, 1.807) is 6.33 Å². The van der Waals surface area contributed by atoms with E-state index in [1.165, 1.54) is 0 Å². The summed E-state index contributed by atoms with van der Waals surface area (Å²) in [5, 5.41) is 4.87. The van der Waals surface area contributed by atoms with Crippen LogP contribution in [0.3, 0.4) is 0 Å². The van der Waals surface area contributed by atoms with Crippen LogP contribution < -0.4 is 4.74 Å². The van der Waals surface area contributed by atoms with Crippen molar-refractivity contribution in [3.05, 3.63) is 40.4 Å². The maximum absolute atomic E-state index is 5.85. The van der Waals surface area contributed by atoms with E-state index < -0.39 is 0 Å². The molecule has 1 aromatic heterocycles. The van der Waals surface area contributed by atoms with Crippen LogP contribution in [0.5, 0.6) is 5.75 Å². The number of para-hydroxylation sites is 1. The Balaban J connectivity index is 2.15. The second-order valence-electron chi connectivity index (χ2n) is 3.64. The third-order valence-electron chi connectivity index (χ3n) is 2.53. The lowest BCUT2D eigenvalue weighted by Gasteiger charge is -2.11. The summed E-state index contributed by atoms with van der Waals surface area (Å²) in [6.07, 6.45) is 1.55. The summed E-state index contributed by atoms with van der Waals surface area (Å²) in [7, 11) is 0. The van der Waals surface area contributed by atoms with Crippen LogP contribution in [0.4, 0.5) is 0 Å². The van der Waals surface area contributed by atoms with Gasteiger partial charge in [0.15, 0.2) is 5.82 Å². The topological polar surface area (TPSA) is 39.9 Å². The van der Waals surface area contributed by atoms with Gasteiger partial charge in [0.05, 0.1) is 4.47 Å². The number of aryl methyl sites for hydroxylation is 1. The molecular weight excluding hydrogens is 362 g/mol. The van der Waals surface area contributed by atoms with Crippen LogP contribution in [0, 0.1) is 0 Å². The van der Waals surface area contributed by atoms with Crippen LogP contribution in [-0.2, 0) is 18.5 Å². The van der Waals surface area contributed by atoms with Gasteiger partial charge in [-0.05, 0) is 28.9 Å². The van der Waals surface area contributed by atoms with E-state index in [0.717, 1.165) is 33.5 Å². The highest BCUT2D eigenvalue weighted by Gasteiger charge is 2.09. The maximum Gasteiger partial charge on any atom is 0.164 e. The van der Waals surface area contributed by atoms with Gasteiger partial charge in [0, 0.05) is 17.4 Å². The van der Waals surface area contributed by atoms with Gasteiger partial charge in [0.2, 0.25) is 0 Å². The molecule has 0 spiro atoms. The van der Waals surface area contributed by atoms with Crippen LogP contribution in [0.2, 0.25) is 0 Å². The zero-order chi connectivity index (χ0) is 13.0. The molecule has 18 heavy (non-hydrogen) atoms. The lowest BCUT2D eigenvalue weighted by atomic mass is 10.2. The molecule has 1 heterocycles. The number of nitrogens with zero attached hydrogens (tertiary/aromatic N) is 3. The summed E-state index contributed by atoms with van der Waals surface area (Å²) in [6.45, 7) is 3.23. The molecular formula is C12H13Br2N3O. The zero-order valence-electron chi connectivity index (χ0n) is 9.94. The van der Waals surface area contributed by atoms with Crippen molar-refractivity contribution < 1.29 is 4.74 Å². The Bertz CT molecular complexity index is 528. The summed E-state index contributed by atoms with van der Waals surface area (Å²) < 4.78 is 8.62. The van der Waals surface area contributed by atoms with Crippen LogP contribution >= 0.6 is 31.9 Å². The highest BCUT2D eigenvalue weighted by Crippen LogP contribution is 2.31. The van der Waals surface area contributed by atoms with Crippen molar-refractivity contribution in [1.29, 1.82) is 0 Å². The number of ether oxygens (including phenoxy) is 1. The van der Waals surface area contributed by atoms with Crippen molar-refractivity contribution in [2.24, 2.45) is 0 Å². The Morgan fingerprint density at radius 2 is 2.22 bits per heavy atom. The summed E-state index contributed by atoms with van der Waals surface area (Å²) in [4.78, 5) is 4.19. The first-order valence-corrected chi connectivity index (χ1v) is 7.50. The first-order valence-electron chi connectivity index (χ1n) is 5.59. The molecule has 0 fully saturated rings. The van der Waals surface area contributed by atoms with Crippen LogP contribution in [0.1, 0.15) is 18.3 Å². The fourth-order valence-corrected chi connectivity index (χ4v) is 2.58. The van der Waals surface area contributed by atoms with Crippen molar-refractivity contribution >= 4 is 31.9 Å². The smallest absolute Gasteiger partial charge is 0.164 e. The normalized spacial score (nSPS) is 10.6. The van der Waals surface area contributed by atoms with Gasteiger partial charge in [-0.15, -0.1) is 0 Å². The third-order valence-corrected chi connectivity index (χ3v) is 3.76. The van der Waals surface area contributed by atoms with Gasteiger partial charge in [-0.1, -0.05) is 28.1 Å². The van der Waals surface area contributed by atoms with Gasteiger partial charge in [0.1, 0.15) is 18.7 Å². The number of aromatic nitrogens is 3. The van der Waals surface area contributed by atoms with Crippen molar-refractivity contribution in [3.63, 3.8) is 0 Å². The number of hydrogen-bond acceptors (Lipinski definition) is 3. The molecule has 4 nitrogen and oxygen atoms in total. The molecule has 0 saturated carbocycles. The molecule has 1 aromatic carbocycles. The standard InChI is InChI=1S/C12H13Br2N3O/c1-2-17-11(15-8-16-17)7-18-12-9(6-13)4-3-5-10(12)14/h3-5,8H,2,6-7H2,1H3. The van der Waals surface area contributed by atoms with Crippen molar-refractivity contribution in [2.45, 2.75) is 25.4 Å². The molecule has 2 rings (SSSR count). The molecule has 0 N–H and O–H groups in total. The Morgan fingerprint density at radius 3 is 2.94 bits per heavy atom. The molecule has 0 amide bonds. The van der Waals surface area contributed by atoms with E-state index in [0.29, 0.717) is 6.61 Å². The highest BCUT2D eigenvalue weighted by atomic mass is 79.9. The Morgan fingerprint density at radius 1 is 1.39 bits per heavy atom. The predicted octanol–water partition coefficient (Wildman–Crippen LogP) is 3.53. The first-order chi connectivity index (χ1) is 8.76. The molecule has 0 unspecified atom stereocenters. The molecule has 96 valence electrons. The van der Waals surface area contributed by atoms with Gasteiger partial charge >= 0.3 is 0 Å². The van der Waals surface area contributed by atoms with Gasteiger partial charge in [-0.3, -0.25) is 0 Å². The molecule has 0 aliphatic rings. The molecule has 2 aromatic rings. The predicted molar refractivity (Wildman–Crippen MR) is 76.8 cm³/mol. The van der Waals surface area contributed by atoms with Crippen LogP contribution in [0.15, 0.2) is 29.0 Å². The number of alkyl halides is 1. The van der Waals surface area contributed by atoms with E-state index in [2.05, 4.69) is 41.9 Å². The van der Waals surface area contributed by atoms with Gasteiger partial charge in [-0.2, -0.15) is 5.10 Å². The molecule has 0 saturated heterocycles. The average Bonchev–Trinajstić information content (AvgIpc) is 2.84. The largest absolute Gasteiger partial charge is 0.484 e. The van der Waals surface area contributed by atoms with Crippen LogP contribution in [0.25, 0.3) is 0 Å². The van der Waals surface area contributed by atoms with E-state index in [-0.39, 0.29) is 0 Å². The van der Waals surface area contributed by atoms with Crippen molar-refractivity contribution in [2.75, 3.05) is 0 Å². The summed E-state index contributed by atoms with van der Waals surface area (Å²) >= 11 is 6.95. The minimum atomic E-state index is 0.413. The van der Waals surface area contributed by atoms with Gasteiger partial charge in [0.25, 0.3) is 0 Å². The zero-order valence-corrected chi connectivity index (χ0v) is 13.1. The van der Waals surface area contributed by atoms with E-state index in [9.17, 15) is 0 Å². The monoisotopic (exact) mass is 373 g/mol. The minimum Gasteiger partial charge on any atom is -0.484 e. The average molecular weight is 375 g/mol. The number of benzene rings is 1. The minimum absolute atomic E-state index is 0.413. The van der Waals surface area contributed by atoms with E-state index in [1.807, 2.05) is 29.8 Å². The SMILES string of the molecule is CCn1ncnc1COc1c(Br)cccc1CBr. The van der Waals surface area contributed by atoms with Gasteiger partial charge in [-0.25, -0.2) is 9.67 Å².